The Morgan fingerprint density at radius 1 is 1.38 bits per heavy atom. The minimum atomic E-state index is -0.320. The molecule has 4 nitrogen and oxygen atoms in total. The number of nitrogens with one attached hydrogen (secondary N) is 2. The van der Waals surface area contributed by atoms with Crippen LogP contribution in [-0.2, 0) is 6.54 Å². The fraction of sp³-hybridized carbons (Fsp3) is 0.583. The molecule has 0 aliphatic heterocycles. The van der Waals surface area contributed by atoms with Gasteiger partial charge in [0, 0.05) is 30.5 Å². The Hall–Kier alpha value is -1.29. The molecule has 88 valence electrons. The van der Waals surface area contributed by atoms with Crippen LogP contribution < -0.4 is 10.7 Å². The molecule has 1 aromatic heterocycles. The van der Waals surface area contributed by atoms with Crippen LogP contribution in [-0.4, -0.2) is 16.1 Å². The van der Waals surface area contributed by atoms with Gasteiger partial charge in [-0.25, -0.2) is 0 Å². The highest BCUT2D eigenvalue weighted by Crippen LogP contribution is 2.17. The van der Waals surface area contributed by atoms with Crippen molar-refractivity contribution in [3.05, 3.63) is 28.2 Å². The van der Waals surface area contributed by atoms with Crippen molar-refractivity contribution in [1.29, 1.82) is 0 Å². The Morgan fingerprint density at radius 3 is 2.81 bits per heavy atom. The minimum Gasteiger partial charge on any atom is -0.503 e. The average Bonchev–Trinajstić information content (AvgIpc) is 2.32. The lowest BCUT2D eigenvalue weighted by Crippen LogP contribution is -2.31. The molecule has 0 spiro atoms. The topological polar surface area (TPSA) is 65.1 Å². The van der Waals surface area contributed by atoms with E-state index in [1.165, 1.54) is 44.4 Å². The maximum absolute atomic E-state index is 11.2. The number of aromatic amines is 1. The monoisotopic (exact) mass is 222 g/mol. The largest absolute Gasteiger partial charge is 0.503 e. The summed E-state index contributed by atoms with van der Waals surface area (Å²) in [5, 5.41) is 12.5. The van der Waals surface area contributed by atoms with Gasteiger partial charge in [-0.3, -0.25) is 4.79 Å². The Morgan fingerprint density at radius 2 is 2.12 bits per heavy atom. The lowest BCUT2D eigenvalue weighted by atomic mass is 9.95. The van der Waals surface area contributed by atoms with Gasteiger partial charge in [0.15, 0.2) is 5.75 Å². The molecule has 1 heterocycles. The van der Waals surface area contributed by atoms with Crippen molar-refractivity contribution >= 4 is 0 Å². The molecule has 4 heteroatoms. The molecular weight excluding hydrogens is 204 g/mol. The number of rotatable bonds is 3. The number of aromatic hydroxyl groups is 1. The van der Waals surface area contributed by atoms with E-state index in [0.29, 0.717) is 12.6 Å². The van der Waals surface area contributed by atoms with Gasteiger partial charge < -0.3 is 15.4 Å². The quantitative estimate of drug-likeness (QED) is 0.726. The molecule has 0 atom stereocenters. The Bertz CT molecular complexity index is 394. The molecule has 1 saturated carbocycles. The predicted molar refractivity (Wildman–Crippen MR) is 62.4 cm³/mol. The minimum absolute atomic E-state index is 0.221. The van der Waals surface area contributed by atoms with Crippen LogP contribution in [0.5, 0.6) is 5.75 Å². The molecule has 0 aromatic carbocycles. The first-order valence-corrected chi connectivity index (χ1v) is 5.89. The van der Waals surface area contributed by atoms with Crippen molar-refractivity contribution in [2.45, 2.75) is 44.7 Å². The highest BCUT2D eigenvalue weighted by molar-refractivity contribution is 5.18. The van der Waals surface area contributed by atoms with Gasteiger partial charge in [-0.15, -0.1) is 0 Å². The maximum Gasteiger partial charge on any atom is 0.223 e. The molecular formula is C12H18N2O2. The highest BCUT2D eigenvalue weighted by Gasteiger charge is 2.12. The number of H-pyrrole nitrogens is 1. The highest BCUT2D eigenvalue weighted by atomic mass is 16.3. The summed E-state index contributed by atoms with van der Waals surface area (Å²) in [6, 6.07) is 2.02. The lowest BCUT2D eigenvalue weighted by Gasteiger charge is -2.22. The molecule has 1 aliphatic carbocycles. The summed E-state index contributed by atoms with van der Waals surface area (Å²) in [7, 11) is 0. The third-order valence-electron chi connectivity index (χ3n) is 3.14. The van der Waals surface area contributed by atoms with Crippen molar-refractivity contribution in [2.75, 3.05) is 0 Å². The number of hydrogen-bond acceptors (Lipinski definition) is 3. The predicted octanol–water partition coefficient (Wildman–Crippen LogP) is 1.50. The zero-order valence-corrected chi connectivity index (χ0v) is 9.33. The number of aromatic nitrogens is 1. The first-order valence-electron chi connectivity index (χ1n) is 5.89. The van der Waals surface area contributed by atoms with E-state index in [2.05, 4.69) is 10.3 Å². The third-order valence-corrected chi connectivity index (χ3v) is 3.14. The van der Waals surface area contributed by atoms with Crippen molar-refractivity contribution in [3.63, 3.8) is 0 Å². The Labute approximate surface area is 94.7 Å². The first-order chi connectivity index (χ1) is 7.75. The molecule has 1 aliphatic rings. The molecule has 0 amide bonds. The van der Waals surface area contributed by atoms with Crippen LogP contribution in [0.15, 0.2) is 17.1 Å². The van der Waals surface area contributed by atoms with Crippen LogP contribution in [0.1, 0.15) is 37.8 Å². The molecule has 1 aromatic rings. The Kier molecular flexibility index (Phi) is 3.62. The van der Waals surface area contributed by atoms with E-state index in [0.717, 1.165) is 5.69 Å². The zero-order chi connectivity index (χ0) is 11.4. The molecule has 0 bridgehead atoms. The normalized spacial score (nSPS) is 17.5. The van der Waals surface area contributed by atoms with E-state index < -0.39 is 0 Å². The van der Waals surface area contributed by atoms with Crippen molar-refractivity contribution < 1.29 is 5.11 Å². The van der Waals surface area contributed by atoms with Crippen LogP contribution in [0.3, 0.4) is 0 Å². The standard InChI is InChI=1S/C12H18N2O2/c15-11-6-10(14-8-12(11)16)7-13-9-4-2-1-3-5-9/h6,8-9,13,16H,1-5,7H2,(H,14,15). The van der Waals surface area contributed by atoms with Gasteiger partial charge in [-0.1, -0.05) is 19.3 Å². The fourth-order valence-corrected chi connectivity index (χ4v) is 2.17. The molecule has 0 radical (unpaired) electrons. The van der Waals surface area contributed by atoms with E-state index in [4.69, 9.17) is 5.11 Å². The lowest BCUT2D eigenvalue weighted by molar-refractivity contribution is 0.370. The van der Waals surface area contributed by atoms with E-state index in [1.54, 1.807) is 0 Å². The molecule has 16 heavy (non-hydrogen) atoms. The van der Waals surface area contributed by atoms with Gasteiger partial charge in [0.1, 0.15) is 0 Å². The van der Waals surface area contributed by atoms with E-state index in [1.807, 2.05) is 0 Å². The van der Waals surface area contributed by atoms with Gasteiger partial charge in [0.05, 0.1) is 0 Å². The van der Waals surface area contributed by atoms with Crippen molar-refractivity contribution in [3.8, 4) is 5.75 Å². The zero-order valence-electron chi connectivity index (χ0n) is 9.33. The molecule has 0 saturated heterocycles. The smallest absolute Gasteiger partial charge is 0.223 e. The SMILES string of the molecule is O=c1cc(CNC2CCCCC2)[nH]cc1O. The molecule has 1 fully saturated rings. The van der Waals surface area contributed by atoms with Gasteiger partial charge in [0.25, 0.3) is 0 Å². The molecule has 2 rings (SSSR count). The Balaban J connectivity index is 1.88. The average molecular weight is 222 g/mol. The summed E-state index contributed by atoms with van der Waals surface area (Å²) >= 11 is 0. The summed E-state index contributed by atoms with van der Waals surface area (Å²) in [5.74, 6) is -0.221. The first kappa shape index (κ1) is 11.2. The second-order valence-electron chi connectivity index (χ2n) is 4.42. The van der Waals surface area contributed by atoms with E-state index in [-0.39, 0.29) is 11.2 Å². The summed E-state index contributed by atoms with van der Waals surface area (Å²) < 4.78 is 0. The number of pyridine rings is 1. The second kappa shape index (κ2) is 5.16. The van der Waals surface area contributed by atoms with E-state index in [9.17, 15) is 4.79 Å². The second-order valence-corrected chi connectivity index (χ2v) is 4.42. The summed E-state index contributed by atoms with van der Waals surface area (Å²) in [6.07, 6.45) is 7.73. The van der Waals surface area contributed by atoms with Crippen LogP contribution in [0.4, 0.5) is 0 Å². The third kappa shape index (κ3) is 2.85. The fourth-order valence-electron chi connectivity index (χ4n) is 2.17. The van der Waals surface area contributed by atoms with E-state index >= 15 is 0 Å². The number of hydrogen-bond donors (Lipinski definition) is 3. The summed E-state index contributed by atoms with van der Waals surface area (Å²) in [4.78, 5) is 14.1. The maximum atomic E-state index is 11.2. The summed E-state index contributed by atoms with van der Waals surface area (Å²) in [5.41, 5.74) is 0.507. The van der Waals surface area contributed by atoms with Crippen LogP contribution in [0, 0.1) is 0 Å². The van der Waals surface area contributed by atoms with Crippen LogP contribution in [0.25, 0.3) is 0 Å². The van der Waals surface area contributed by atoms with Gasteiger partial charge >= 0.3 is 0 Å². The van der Waals surface area contributed by atoms with Crippen LogP contribution >= 0.6 is 0 Å². The van der Waals surface area contributed by atoms with Gasteiger partial charge in [0.2, 0.25) is 5.43 Å². The van der Waals surface area contributed by atoms with Gasteiger partial charge in [-0.05, 0) is 12.8 Å². The van der Waals surface area contributed by atoms with Crippen molar-refractivity contribution in [2.24, 2.45) is 0 Å². The van der Waals surface area contributed by atoms with Crippen molar-refractivity contribution in [1.82, 2.24) is 10.3 Å². The summed E-state index contributed by atoms with van der Waals surface area (Å²) in [6.45, 7) is 0.667. The molecule has 3 N–H and O–H groups in total. The van der Waals surface area contributed by atoms with Crippen LogP contribution in [0.2, 0.25) is 0 Å². The molecule has 0 unspecified atom stereocenters. The van der Waals surface area contributed by atoms with Gasteiger partial charge in [-0.2, -0.15) is 0 Å².